The Balaban J connectivity index is 1.75. The fourth-order valence-electron chi connectivity index (χ4n) is 2.96. The smallest absolute Gasteiger partial charge is 0.231 e. The van der Waals surface area contributed by atoms with Crippen LogP contribution in [0.2, 0.25) is 5.02 Å². The van der Waals surface area contributed by atoms with Gasteiger partial charge in [0.25, 0.3) is 0 Å². The van der Waals surface area contributed by atoms with Gasteiger partial charge in [-0.1, -0.05) is 11.6 Å². The normalized spacial score (nSPS) is 26.1. The van der Waals surface area contributed by atoms with E-state index in [1.54, 1.807) is 0 Å². The molecule has 0 aromatic heterocycles. The maximum atomic E-state index is 6.21. The number of nitrogens with zero attached hydrogens (tertiary/aromatic N) is 1. The Morgan fingerprint density at radius 3 is 3.00 bits per heavy atom. The fraction of sp³-hybridized carbons (Fsp3) is 0.571. The number of hydrogen-bond donors (Lipinski definition) is 1. The van der Waals surface area contributed by atoms with E-state index < -0.39 is 0 Å². The van der Waals surface area contributed by atoms with Gasteiger partial charge in [-0.25, -0.2) is 0 Å². The van der Waals surface area contributed by atoms with E-state index in [1.165, 1.54) is 12.0 Å². The molecular formula is C14H19ClN2O2. The van der Waals surface area contributed by atoms with Gasteiger partial charge in [0.1, 0.15) is 0 Å². The lowest BCUT2D eigenvalue weighted by atomic mass is 10.1. The van der Waals surface area contributed by atoms with E-state index in [0.717, 1.165) is 25.4 Å². The fourth-order valence-corrected chi connectivity index (χ4v) is 3.24. The van der Waals surface area contributed by atoms with Crippen molar-refractivity contribution in [2.24, 2.45) is 11.7 Å². The Kier molecular flexibility index (Phi) is 3.56. The molecule has 0 aliphatic carbocycles. The summed E-state index contributed by atoms with van der Waals surface area (Å²) in [7, 11) is 0. The minimum Gasteiger partial charge on any atom is -0.454 e. The van der Waals surface area contributed by atoms with Crippen LogP contribution >= 0.6 is 11.6 Å². The molecule has 1 saturated heterocycles. The van der Waals surface area contributed by atoms with Crippen LogP contribution in [0.25, 0.3) is 0 Å². The summed E-state index contributed by atoms with van der Waals surface area (Å²) in [5.41, 5.74) is 6.93. The average Bonchev–Trinajstić information content (AvgIpc) is 2.97. The van der Waals surface area contributed by atoms with E-state index in [9.17, 15) is 0 Å². The number of likely N-dealkylation sites (tertiary alicyclic amines) is 1. The lowest BCUT2D eigenvalue weighted by Crippen LogP contribution is -2.27. The first-order valence-electron chi connectivity index (χ1n) is 6.69. The van der Waals surface area contributed by atoms with Crippen molar-refractivity contribution in [1.82, 2.24) is 4.90 Å². The molecule has 1 aromatic carbocycles. The molecule has 19 heavy (non-hydrogen) atoms. The summed E-state index contributed by atoms with van der Waals surface area (Å²) in [6, 6.07) is 4.56. The van der Waals surface area contributed by atoms with Crippen molar-refractivity contribution in [2.45, 2.75) is 25.9 Å². The van der Waals surface area contributed by atoms with E-state index in [-0.39, 0.29) is 6.79 Å². The highest BCUT2D eigenvalue weighted by atomic mass is 35.5. The minimum atomic E-state index is 0.258. The summed E-state index contributed by atoms with van der Waals surface area (Å²) in [5, 5.41) is 0.632. The number of benzene rings is 1. The third-order valence-corrected chi connectivity index (χ3v) is 4.28. The molecule has 4 nitrogen and oxygen atoms in total. The lowest BCUT2D eigenvalue weighted by molar-refractivity contribution is 0.174. The van der Waals surface area contributed by atoms with Crippen molar-refractivity contribution in [3.05, 3.63) is 22.7 Å². The van der Waals surface area contributed by atoms with Gasteiger partial charge < -0.3 is 15.2 Å². The van der Waals surface area contributed by atoms with Crippen LogP contribution < -0.4 is 15.2 Å². The molecule has 1 fully saturated rings. The topological polar surface area (TPSA) is 47.7 Å². The highest BCUT2D eigenvalue weighted by molar-refractivity contribution is 6.32. The Morgan fingerprint density at radius 2 is 2.26 bits per heavy atom. The van der Waals surface area contributed by atoms with Crippen LogP contribution in [-0.2, 0) is 6.54 Å². The number of rotatable bonds is 3. The van der Waals surface area contributed by atoms with Gasteiger partial charge in [0.15, 0.2) is 11.5 Å². The van der Waals surface area contributed by atoms with Gasteiger partial charge in [-0.15, -0.1) is 0 Å². The van der Waals surface area contributed by atoms with Crippen LogP contribution in [0.4, 0.5) is 0 Å². The molecule has 2 heterocycles. The first kappa shape index (κ1) is 13.0. The highest BCUT2D eigenvalue weighted by Crippen LogP contribution is 2.40. The summed E-state index contributed by atoms with van der Waals surface area (Å²) >= 11 is 6.21. The Hall–Kier alpha value is -0.970. The number of hydrogen-bond acceptors (Lipinski definition) is 4. The van der Waals surface area contributed by atoms with Gasteiger partial charge in [0.05, 0.1) is 5.02 Å². The molecular weight excluding hydrogens is 264 g/mol. The van der Waals surface area contributed by atoms with Crippen LogP contribution in [0.3, 0.4) is 0 Å². The lowest BCUT2D eigenvalue weighted by Gasteiger charge is -2.21. The molecule has 2 aliphatic heterocycles. The van der Waals surface area contributed by atoms with Crippen LogP contribution in [0.1, 0.15) is 18.9 Å². The second kappa shape index (κ2) is 5.19. The van der Waals surface area contributed by atoms with Crippen LogP contribution in [0.5, 0.6) is 11.5 Å². The second-order valence-electron chi connectivity index (χ2n) is 5.43. The SMILES string of the molecule is CC1CC(CN)CN1Cc1cc(Cl)c2c(c1)OCO2. The van der Waals surface area contributed by atoms with Gasteiger partial charge >= 0.3 is 0 Å². The Morgan fingerprint density at radius 1 is 1.42 bits per heavy atom. The predicted molar refractivity (Wildman–Crippen MR) is 74.6 cm³/mol. The van der Waals surface area contributed by atoms with E-state index in [0.29, 0.717) is 22.7 Å². The monoisotopic (exact) mass is 282 g/mol. The average molecular weight is 283 g/mol. The molecule has 0 amide bonds. The van der Waals surface area contributed by atoms with E-state index in [2.05, 4.69) is 11.8 Å². The number of nitrogens with two attached hydrogens (primary N) is 1. The molecule has 0 radical (unpaired) electrons. The summed E-state index contributed by atoms with van der Waals surface area (Å²) in [6.45, 7) is 5.22. The Labute approximate surface area is 118 Å². The maximum absolute atomic E-state index is 6.21. The largest absolute Gasteiger partial charge is 0.454 e. The van der Waals surface area contributed by atoms with E-state index in [4.69, 9.17) is 26.8 Å². The van der Waals surface area contributed by atoms with Gasteiger partial charge in [0, 0.05) is 19.1 Å². The van der Waals surface area contributed by atoms with E-state index in [1.807, 2.05) is 12.1 Å². The zero-order valence-corrected chi connectivity index (χ0v) is 11.8. The maximum Gasteiger partial charge on any atom is 0.231 e. The van der Waals surface area contributed by atoms with Gasteiger partial charge in [-0.2, -0.15) is 0 Å². The highest BCUT2D eigenvalue weighted by Gasteiger charge is 2.28. The molecule has 2 unspecified atom stereocenters. The zero-order valence-electron chi connectivity index (χ0n) is 11.1. The molecule has 0 bridgehead atoms. The van der Waals surface area contributed by atoms with Gasteiger partial charge in [-0.05, 0) is 43.5 Å². The summed E-state index contributed by atoms with van der Waals surface area (Å²) in [5.74, 6) is 2.03. The molecule has 0 saturated carbocycles. The molecule has 5 heteroatoms. The summed E-state index contributed by atoms with van der Waals surface area (Å²) in [6.07, 6.45) is 1.18. The molecule has 2 aliphatic rings. The standard InChI is InChI=1S/C14H19ClN2O2/c1-9-2-11(5-16)7-17(9)6-10-3-12(15)14-13(4-10)18-8-19-14/h3-4,9,11H,2,5-8,16H2,1H3. The van der Waals surface area contributed by atoms with E-state index >= 15 is 0 Å². The number of ether oxygens (including phenoxy) is 2. The first-order chi connectivity index (χ1) is 9.17. The molecule has 3 rings (SSSR count). The zero-order chi connectivity index (χ0) is 13.4. The van der Waals surface area contributed by atoms with Crippen molar-refractivity contribution >= 4 is 11.6 Å². The molecule has 0 spiro atoms. The molecule has 1 aromatic rings. The third kappa shape index (κ3) is 2.53. The van der Waals surface area contributed by atoms with Crippen molar-refractivity contribution in [3.8, 4) is 11.5 Å². The van der Waals surface area contributed by atoms with Gasteiger partial charge in [0.2, 0.25) is 6.79 Å². The van der Waals surface area contributed by atoms with Gasteiger partial charge in [-0.3, -0.25) is 4.90 Å². The van der Waals surface area contributed by atoms with Crippen molar-refractivity contribution < 1.29 is 9.47 Å². The Bertz CT molecular complexity index is 481. The van der Waals surface area contributed by atoms with Crippen LogP contribution in [-0.4, -0.2) is 30.8 Å². The quantitative estimate of drug-likeness (QED) is 0.924. The predicted octanol–water partition coefficient (Wildman–Crippen LogP) is 2.24. The molecule has 104 valence electrons. The summed E-state index contributed by atoms with van der Waals surface area (Å²) in [4.78, 5) is 2.45. The third-order valence-electron chi connectivity index (χ3n) is 4.00. The first-order valence-corrected chi connectivity index (χ1v) is 7.07. The van der Waals surface area contributed by atoms with Crippen LogP contribution in [0, 0.1) is 5.92 Å². The minimum absolute atomic E-state index is 0.258. The number of halogens is 1. The van der Waals surface area contributed by atoms with Crippen LogP contribution in [0.15, 0.2) is 12.1 Å². The molecule has 2 N–H and O–H groups in total. The van der Waals surface area contributed by atoms with Crippen molar-refractivity contribution in [1.29, 1.82) is 0 Å². The molecule has 2 atom stereocenters. The number of fused-ring (bicyclic) bond motifs is 1. The van der Waals surface area contributed by atoms with Crippen molar-refractivity contribution in [2.75, 3.05) is 19.9 Å². The second-order valence-corrected chi connectivity index (χ2v) is 5.83. The van der Waals surface area contributed by atoms with Crippen molar-refractivity contribution in [3.63, 3.8) is 0 Å². The summed E-state index contributed by atoms with van der Waals surface area (Å²) < 4.78 is 10.7.